The van der Waals surface area contributed by atoms with Gasteiger partial charge >= 0.3 is 0 Å². The zero-order valence-electron chi connectivity index (χ0n) is 10.8. The van der Waals surface area contributed by atoms with Crippen LogP contribution in [-0.4, -0.2) is 19.7 Å². The molecular formula is C13H9BrClFN4O. The number of aromatic nitrogens is 4. The summed E-state index contributed by atoms with van der Waals surface area (Å²) < 4.78 is 21.3. The topological polar surface area (TPSA) is 52.8 Å². The van der Waals surface area contributed by atoms with Crippen molar-refractivity contribution < 1.29 is 9.13 Å². The van der Waals surface area contributed by atoms with E-state index in [0.29, 0.717) is 26.5 Å². The van der Waals surface area contributed by atoms with Gasteiger partial charge in [-0.25, -0.2) is 14.4 Å². The molecule has 0 atom stereocenters. The summed E-state index contributed by atoms with van der Waals surface area (Å²) in [6, 6.07) is 4.55. The van der Waals surface area contributed by atoms with Gasteiger partial charge < -0.3 is 4.74 Å². The van der Waals surface area contributed by atoms with Crippen molar-refractivity contribution in [2.45, 2.75) is 6.61 Å². The average molecular weight is 372 g/mol. The van der Waals surface area contributed by atoms with Crippen LogP contribution >= 0.6 is 27.5 Å². The van der Waals surface area contributed by atoms with Crippen LogP contribution in [0.5, 0.6) is 5.75 Å². The van der Waals surface area contributed by atoms with Crippen LogP contribution in [0, 0.1) is 5.82 Å². The van der Waals surface area contributed by atoms with Crippen LogP contribution in [0.15, 0.2) is 28.9 Å². The Bertz CT molecular complexity index is 823. The van der Waals surface area contributed by atoms with E-state index in [0.717, 1.165) is 0 Å². The van der Waals surface area contributed by atoms with E-state index < -0.39 is 5.82 Å². The fourth-order valence-electron chi connectivity index (χ4n) is 1.83. The van der Waals surface area contributed by atoms with Crippen LogP contribution in [0.25, 0.3) is 11.0 Å². The van der Waals surface area contributed by atoms with Gasteiger partial charge in [-0.05, 0) is 18.2 Å². The Labute approximate surface area is 132 Å². The fourth-order valence-corrected chi connectivity index (χ4v) is 2.39. The standard InChI is InChI=1S/C13H9BrClFN4O/c1-20-13-8(5-17-20)12(15)18-11(19-13)6-21-10-3-2-7(14)4-9(10)16/h2-5H,6H2,1H3. The molecule has 0 aliphatic rings. The van der Waals surface area contributed by atoms with Gasteiger partial charge in [0.2, 0.25) is 0 Å². The van der Waals surface area contributed by atoms with Gasteiger partial charge in [-0.1, -0.05) is 27.5 Å². The molecule has 0 fully saturated rings. The van der Waals surface area contributed by atoms with Gasteiger partial charge in [0.1, 0.15) is 11.8 Å². The SMILES string of the molecule is Cn1ncc2c(Cl)nc(COc3ccc(Br)cc3F)nc21. The van der Waals surface area contributed by atoms with Gasteiger partial charge in [0.15, 0.2) is 23.0 Å². The molecule has 0 radical (unpaired) electrons. The molecule has 108 valence electrons. The first-order chi connectivity index (χ1) is 10.0. The highest BCUT2D eigenvalue weighted by Crippen LogP contribution is 2.23. The molecule has 0 aliphatic carbocycles. The Morgan fingerprint density at radius 3 is 2.95 bits per heavy atom. The van der Waals surface area contributed by atoms with E-state index in [1.807, 2.05) is 0 Å². The predicted octanol–water partition coefficient (Wildman–Crippen LogP) is 3.50. The van der Waals surface area contributed by atoms with E-state index >= 15 is 0 Å². The minimum Gasteiger partial charge on any atom is -0.483 e. The number of aryl methyl sites for hydroxylation is 1. The third-order valence-electron chi connectivity index (χ3n) is 2.84. The Morgan fingerprint density at radius 1 is 1.38 bits per heavy atom. The zero-order chi connectivity index (χ0) is 15.0. The average Bonchev–Trinajstić information content (AvgIpc) is 2.80. The van der Waals surface area contributed by atoms with E-state index in [4.69, 9.17) is 16.3 Å². The maximum atomic E-state index is 13.7. The lowest BCUT2D eigenvalue weighted by Crippen LogP contribution is -2.04. The van der Waals surface area contributed by atoms with Gasteiger partial charge in [-0.3, -0.25) is 4.68 Å². The number of rotatable bonds is 3. The number of nitrogens with zero attached hydrogens (tertiary/aromatic N) is 4. The Hall–Kier alpha value is -1.73. The number of halogens is 3. The number of fused-ring (bicyclic) bond motifs is 1. The van der Waals surface area contributed by atoms with Gasteiger partial charge in [0, 0.05) is 11.5 Å². The largest absolute Gasteiger partial charge is 0.483 e. The molecule has 0 N–H and O–H groups in total. The van der Waals surface area contributed by atoms with Crippen molar-refractivity contribution >= 4 is 38.6 Å². The lowest BCUT2D eigenvalue weighted by atomic mass is 10.3. The minimum atomic E-state index is -0.461. The first-order valence-electron chi connectivity index (χ1n) is 5.96. The molecule has 0 amide bonds. The van der Waals surface area contributed by atoms with Crippen LogP contribution in [0.1, 0.15) is 5.82 Å². The Kier molecular flexibility index (Phi) is 3.77. The molecule has 8 heteroatoms. The van der Waals surface area contributed by atoms with E-state index in [1.165, 1.54) is 12.1 Å². The molecule has 0 bridgehead atoms. The normalized spacial score (nSPS) is 11.0. The molecule has 21 heavy (non-hydrogen) atoms. The lowest BCUT2D eigenvalue weighted by Gasteiger charge is -2.07. The number of hydrogen-bond donors (Lipinski definition) is 0. The second-order valence-corrected chi connectivity index (χ2v) is 5.57. The molecule has 0 spiro atoms. The summed E-state index contributed by atoms with van der Waals surface area (Å²) in [6.45, 7) is 0.0133. The van der Waals surface area contributed by atoms with Crippen LogP contribution in [0.3, 0.4) is 0 Å². The monoisotopic (exact) mass is 370 g/mol. The summed E-state index contributed by atoms with van der Waals surface area (Å²) in [7, 11) is 1.75. The number of hydrogen-bond acceptors (Lipinski definition) is 4. The lowest BCUT2D eigenvalue weighted by molar-refractivity contribution is 0.281. The smallest absolute Gasteiger partial charge is 0.170 e. The summed E-state index contributed by atoms with van der Waals surface area (Å²) in [5, 5.41) is 5.02. The van der Waals surface area contributed by atoms with Crippen LogP contribution in [-0.2, 0) is 13.7 Å². The Balaban J connectivity index is 1.86. The molecule has 0 saturated heterocycles. The molecule has 0 unspecified atom stereocenters. The second-order valence-electron chi connectivity index (χ2n) is 4.30. The second kappa shape index (κ2) is 5.57. The molecule has 3 rings (SSSR count). The zero-order valence-corrected chi connectivity index (χ0v) is 13.2. The molecular weight excluding hydrogens is 363 g/mol. The van der Waals surface area contributed by atoms with E-state index in [1.54, 1.807) is 24.0 Å². The minimum absolute atomic E-state index is 0.0133. The summed E-state index contributed by atoms with van der Waals surface area (Å²) in [5.41, 5.74) is 0.602. The van der Waals surface area contributed by atoms with Crippen molar-refractivity contribution in [2.75, 3.05) is 0 Å². The summed E-state index contributed by atoms with van der Waals surface area (Å²) >= 11 is 9.25. The number of benzene rings is 1. The van der Waals surface area contributed by atoms with E-state index in [2.05, 4.69) is 31.0 Å². The highest BCUT2D eigenvalue weighted by Gasteiger charge is 2.11. The summed E-state index contributed by atoms with van der Waals surface area (Å²) in [4.78, 5) is 8.43. The molecule has 0 aliphatic heterocycles. The third-order valence-corrected chi connectivity index (χ3v) is 3.62. The van der Waals surface area contributed by atoms with Crippen molar-refractivity contribution in [3.8, 4) is 5.75 Å². The molecule has 0 saturated carbocycles. The highest BCUT2D eigenvalue weighted by molar-refractivity contribution is 9.10. The van der Waals surface area contributed by atoms with Crippen molar-refractivity contribution in [1.82, 2.24) is 19.7 Å². The molecule has 2 aromatic heterocycles. The van der Waals surface area contributed by atoms with Crippen LogP contribution in [0.4, 0.5) is 4.39 Å². The van der Waals surface area contributed by atoms with Crippen LogP contribution in [0.2, 0.25) is 5.15 Å². The quantitative estimate of drug-likeness (QED) is 0.661. The maximum absolute atomic E-state index is 13.7. The van der Waals surface area contributed by atoms with Crippen molar-refractivity contribution in [3.63, 3.8) is 0 Å². The number of ether oxygens (including phenoxy) is 1. The maximum Gasteiger partial charge on any atom is 0.170 e. The van der Waals surface area contributed by atoms with E-state index in [9.17, 15) is 4.39 Å². The van der Waals surface area contributed by atoms with Crippen molar-refractivity contribution in [1.29, 1.82) is 0 Å². The van der Waals surface area contributed by atoms with Gasteiger partial charge in [0.25, 0.3) is 0 Å². The summed E-state index contributed by atoms with van der Waals surface area (Å²) in [6.07, 6.45) is 1.59. The van der Waals surface area contributed by atoms with Gasteiger partial charge in [-0.2, -0.15) is 5.10 Å². The predicted molar refractivity (Wildman–Crippen MR) is 79.7 cm³/mol. The highest BCUT2D eigenvalue weighted by atomic mass is 79.9. The van der Waals surface area contributed by atoms with Crippen molar-refractivity contribution in [3.05, 3.63) is 45.7 Å². The molecule has 2 heterocycles. The van der Waals surface area contributed by atoms with Gasteiger partial charge in [-0.15, -0.1) is 0 Å². The first kappa shape index (κ1) is 14.2. The van der Waals surface area contributed by atoms with E-state index in [-0.39, 0.29) is 12.4 Å². The molecule has 5 nitrogen and oxygen atoms in total. The Morgan fingerprint density at radius 2 is 2.19 bits per heavy atom. The fraction of sp³-hybridized carbons (Fsp3) is 0.154. The van der Waals surface area contributed by atoms with Gasteiger partial charge in [0.05, 0.1) is 11.6 Å². The van der Waals surface area contributed by atoms with Crippen LogP contribution < -0.4 is 4.74 Å². The van der Waals surface area contributed by atoms with Crippen molar-refractivity contribution in [2.24, 2.45) is 7.05 Å². The first-order valence-corrected chi connectivity index (χ1v) is 7.13. The third kappa shape index (κ3) is 2.84. The molecule has 3 aromatic rings. The summed E-state index contributed by atoms with van der Waals surface area (Å²) in [5.74, 6) is 0.0264. The molecule has 1 aromatic carbocycles.